The molecule has 0 radical (unpaired) electrons. The Morgan fingerprint density at radius 1 is 1.00 bits per heavy atom. The maximum Gasteiger partial charge on any atom is 0.227 e. The Hall–Kier alpha value is -0.510. The molecule has 0 saturated heterocycles. The van der Waals surface area contributed by atoms with Gasteiger partial charge in [0, 0.05) is 0 Å². The molecule has 0 bridgehead atoms. The van der Waals surface area contributed by atoms with Crippen LogP contribution in [-0.2, 0) is 9.59 Å². The number of hydrogen-bond donors (Lipinski definition) is 4. The third kappa shape index (κ3) is 5.27. The smallest absolute Gasteiger partial charge is 0.227 e. The molecule has 0 aromatic carbocycles. The molecule has 0 amide bonds. The fourth-order valence-corrected chi connectivity index (χ4v) is 1.00. The molecule has 0 spiro atoms. The molecule has 8 heteroatoms. The molecule has 7 nitrogen and oxygen atoms in total. The Kier molecular flexibility index (Phi) is 8.94. The van der Waals surface area contributed by atoms with Crippen molar-refractivity contribution in [3.8, 4) is 0 Å². The van der Waals surface area contributed by atoms with Gasteiger partial charge in [-0.15, -0.1) is 0 Å². The standard InChI is InChI=1S/C6H10O6S.H2O/c7-1-3(9)5(11)13-6(12)4(10)2-8;/h3-4,7-10H,1-2H2;1H2. The quantitative estimate of drug-likeness (QED) is 0.393. The first kappa shape index (κ1) is 15.9. The largest absolute Gasteiger partial charge is 0.412 e. The molecule has 0 aliphatic rings. The summed E-state index contributed by atoms with van der Waals surface area (Å²) in [6.07, 6.45) is -3.28. The topological polar surface area (TPSA) is 147 Å². The second kappa shape index (κ2) is 7.85. The molecule has 0 aliphatic heterocycles. The van der Waals surface area contributed by atoms with Crippen molar-refractivity contribution >= 4 is 22.0 Å². The molecule has 0 fully saturated rings. The van der Waals surface area contributed by atoms with Crippen LogP contribution in [0.2, 0.25) is 0 Å². The third-order valence-electron chi connectivity index (χ3n) is 1.09. The molecule has 0 aromatic rings. The normalized spacial score (nSPS) is 14.0. The summed E-state index contributed by atoms with van der Waals surface area (Å²) in [7, 11) is 0. The van der Waals surface area contributed by atoms with Gasteiger partial charge in [-0.25, -0.2) is 0 Å². The van der Waals surface area contributed by atoms with Crippen molar-refractivity contribution in [1.29, 1.82) is 0 Å². The number of aliphatic hydroxyl groups is 4. The van der Waals surface area contributed by atoms with E-state index in [1.807, 2.05) is 0 Å². The van der Waals surface area contributed by atoms with Gasteiger partial charge in [-0.3, -0.25) is 9.59 Å². The van der Waals surface area contributed by atoms with Crippen LogP contribution in [-0.4, -0.2) is 61.6 Å². The van der Waals surface area contributed by atoms with Crippen molar-refractivity contribution in [3.05, 3.63) is 0 Å². The fourth-order valence-electron chi connectivity index (χ4n) is 0.384. The summed E-state index contributed by atoms with van der Waals surface area (Å²) in [5, 5.41) is 32.1. The van der Waals surface area contributed by atoms with E-state index in [0.717, 1.165) is 0 Å². The predicted molar refractivity (Wildman–Crippen MR) is 47.4 cm³/mol. The van der Waals surface area contributed by atoms with Crippen LogP contribution in [0, 0.1) is 0 Å². The molecule has 2 atom stereocenters. The van der Waals surface area contributed by atoms with Gasteiger partial charge in [-0.2, -0.15) is 0 Å². The van der Waals surface area contributed by atoms with Crippen LogP contribution in [0.25, 0.3) is 0 Å². The number of thioether (sulfide) groups is 1. The average molecular weight is 228 g/mol. The van der Waals surface area contributed by atoms with Gasteiger partial charge in [-0.05, 0) is 11.8 Å². The summed E-state index contributed by atoms with van der Waals surface area (Å²) >= 11 is 0.0671. The molecular formula is C6H12O7S. The van der Waals surface area contributed by atoms with Gasteiger partial charge in [-0.1, -0.05) is 0 Å². The SMILES string of the molecule is O.O=C(SC(=O)C(O)CO)C(O)CO. The lowest BCUT2D eigenvalue weighted by Gasteiger charge is -2.06. The second-order valence-corrected chi connectivity index (χ2v) is 3.15. The van der Waals surface area contributed by atoms with Crippen LogP contribution in [0.3, 0.4) is 0 Å². The number of carbonyl (C=O) groups is 2. The van der Waals surface area contributed by atoms with E-state index in [-0.39, 0.29) is 17.2 Å². The van der Waals surface area contributed by atoms with E-state index in [2.05, 4.69) is 0 Å². The predicted octanol–water partition coefficient (Wildman–Crippen LogP) is -3.35. The first-order valence-electron chi connectivity index (χ1n) is 3.36. The minimum absolute atomic E-state index is 0. The Morgan fingerprint density at radius 3 is 1.50 bits per heavy atom. The van der Waals surface area contributed by atoms with Crippen LogP contribution in [0.5, 0.6) is 0 Å². The minimum Gasteiger partial charge on any atom is -0.412 e. The number of carbonyl (C=O) groups excluding carboxylic acids is 2. The highest BCUT2D eigenvalue weighted by atomic mass is 32.2. The zero-order valence-electron chi connectivity index (χ0n) is 7.08. The summed E-state index contributed by atoms with van der Waals surface area (Å²) in [5.74, 6) is 0. The van der Waals surface area contributed by atoms with Gasteiger partial charge in [0.1, 0.15) is 12.2 Å². The van der Waals surface area contributed by atoms with Crippen molar-refractivity contribution in [3.63, 3.8) is 0 Å². The highest BCUT2D eigenvalue weighted by Crippen LogP contribution is 2.09. The van der Waals surface area contributed by atoms with Gasteiger partial charge >= 0.3 is 0 Å². The first-order valence-corrected chi connectivity index (χ1v) is 4.18. The first-order chi connectivity index (χ1) is 6.02. The molecule has 84 valence electrons. The molecule has 0 heterocycles. The second-order valence-electron chi connectivity index (χ2n) is 2.14. The van der Waals surface area contributed by atoms with Gasteiger partial charge < -0.3 is 25.9 Å². The highest BCUT2D eigenvalue weighted by Gasteiger charge is 2.23. The van der Waals surface area contributed by atoms with Crippen LogP contribution in [0.4, 0.5) is 0 Å². The lowest BCUT2D eigenvalue weighted by atomic mass is 10.4. The lowest BCUT2D eigenvalue weighted by molar-refractivity contribution is -0.122. The van der Waals surface area contributed by atoms with Crippen molar-refractivity contribution in [2.45, 2.75) is 12.2 Å². The molecule has 0 aliphatic carbocycles. The summed E-state index contributed by atoms with van der Waals surface area (Å²) < 4.78 is 0. The van der Waals surface area contributed by atoms with E-state index in [1.165, 1.54) is 0 Å². The van der Waals surface area contributed by atoms with E-state index in [0.29, 0.717) is 0 Å². The minimum atomic E-state index is -1.64. The Morgan fingerprint density at radius 2 is 1.29 bits per heavy atom. The molecule has 14 heavy (non-hydrogen) atoms. The molecule has 0 saturated carbocycles. The van der Waals surface area contributed by atoms with Gasteiger partial charge in [0.2, 0.25) is 10.2 Å². The maximum absolute atomic E-state index is 10.7. The zero-order chi connectivity index (χ0) is 10.4. The Balaban J connectivity index is 0. The molecule has 0 aromatic heterocycles. The highest BCUT2D eigenvalue weighted by molar-refractivity contribution is 8.26. The lowest BCUT2D eigenvalue weighted by Crippen LogP contribution is -2.27. The van der Waals surface area contributed by atoms with Crippen molar-refractivity contribution in [1.82, 2.24) is 0 Å². The maximum atomic E-state index is 10.7. The van der Waals surface area contributed by atoms with Gasteiger partial charge in [0.25, 0.3) is 0 Å². The van der Waals surface area contributed by atoms with Crippen LogP contribution >= 0.6 is 11.8 Å². The molecule has 2 unspecified atom stereocenters. The monoisotopic (exact) mass is 228 g/mol. The summed E-state index contributed by atoms with van der Waals surface area (Å²) in [5.41, 5.74) is 0. The van der Waals surface area contributed by atoms with Crippen molar-refractivity contribution in [2.75, 3.05) is 13.2 Å². The van der Waals surface area contributed by atoms with Crippen molar-refractivity contribution in [2.24, 2.45) is 0 Å². The molecule has 6 N–H and O–H groups in total. The van der Waals surface area contributed by atoms with Crippen LogP contribution in [0.15, 0.2) is 0 Å². The Labute approximate surface area is 83.7 Å². The molecular weight excluding hydrogens is 216 g/mol. The van der Waals surface area contributed by atoms with E-state index < -0.39 is 35.7 Å². The van der Waals surface area contributed by atoms with E-state index >= 15 is 0 Å². The number of aliphatic hydroxyl groups excluding tert-OH is 4. The van der Waals surface area contributed by atoms with Crippen LogP contribution in [0.1, 0.15) is 0 Å². The average Bonchev–Trinajstić information content (AvgIpc) is 2.14. The van der Waals surface area contributed by atoms with Gasteiger partial charge in [0.05, 0.1) is 13.2 Å². The fraction of sp³-hybridized carbons (Fsp3) is 0.667. The summed E-state index contributed by atoms with van der Waals surface area (Å²) in [6.45, 7) is -1.57. The molecule has 0 rings (SSSR count). The number of hydrogen-bond acceptors (Lipinski definition) is 7. The van der Waals surface area contributed by atoms with E-state index in [4.69, 9.17) is 20.4 Å². The van der Waals surface area contributed by atoms with E-state index in [1.54, 1.807) is 0 Å². The van der Waals surface area contributed by atoms with Crippen LogP contribution < -0.4 is 0 Å². The number of rotatable bonds is 4. The summed E-state index contributed by atoms with van der Waals surface area (Å²) in [6, 6.07) is 0. The summed E-state index contributed by atoms with van der Waals surface area (Å²) in [4.78, 5) is 21.5. The van der Waals surface area contributed by atoms with Crippen molar-refractivity contribution < 1.29 is 35.5 Å². The van der Waals surface area contributed by atoms with Gasteiger partial charge in [0.15, 0.2) is 0 Å². The third-order valence-corrected chi connectivity index (χ3v) is 2.04. The Bertz CT molecular complexity index is 175. The van der Waals surface area contributed by atoms with E-state index in [9.17, 15) is 9.59 Å². The zero-order valence-corrected chi connectivity index (χ0v) is 7.90.